The van der Waals surface area contributed by atoms with E-state index in [1.165, 1.54) is 0 Å². The fourth-order valence-electron chi connectivity index (χ4n) is 2.83. The molecule has 6 nitrogen and oxygen atoms in total. The number of hydrazone groups is 1. The summed E-state index contributed by atoms with van der Waals surface area (Å²) in [5.74, 6) is 0.281. The Morgan fingerprint density at radius 3 is 2.30 bits per heavy atom. The molecule has 0 heterocycles. The Morgan fingerprint density at radius 1 is 0.879 bits per heavy atom. The Morgan fingerprint density at radius 2 is 1.58 bits per heavy atom. The maximum Gasteiger partial charge on any atom is 0.240 e. The summed E-state index contributed by atoms with van der Waals surface area (Å²) in [6.07, 6.45) is 2.39. The van der Waals surface area contributed by atoms with Crippen molar-refractivity contribution in [2.24, 2.45) is 5.10 Å². The Kier molecular flexibility index (Phi) is 9.30. The van der Waals surface area contributed by atoms with E-state index in [0.29, 0.717) is 34.5 Å². The van der Waals surface area contributed by atoms with Crippen LogP contribution >= 0.6 is 23.2 Å². The molecule has 0 aliphatic carbocycles. The lowest BCUT2D eigenvalue weighted by molar-refractivity contribution is -0.121. The molecular formula is C25H23Cl2N3O3. The van der Waals surface area contributed by atoms with Crippen LogP contribution in [0.15, 0.2) is 77.9 Å². The van der Waals surface area contributed by atoms with Gasteiger partial charge in [0.25, 0.3) is 0 Å². The van der Waals surface area contributed by atoms with E-state index in [9.17, 15) is 9.59 Å². The predicted octanol–water partition coefficient (Wildman–Crippen LogP) is 5.83. The average Bonchev–Trinajstić information content (AvgIpc) is 2.81. The first-order chi connectivity index (χ1) is 16.0. The number of carbonyl (C=O) groups excluding carboxylic acids is 2. The molecule has 3 rings (SSSR count). The maximum atomic E-state index is 11.9. The topological polar surface area (TPSA) is 79.8 Å². The number of carbonyl (C=O) groups is 2. The van der Waals surface area contributed by atoms with Gasteiger partial charge in [0.2, 0.25) is 11.8 Å². The van der Waals surface area contributed by atoms with E-state index in [1.54, 1.807) is 30.5 Å². The Labute approximate surface area is 202 Å². The van der Waals surface area contributed by atoms with Gasteiger partial charge in [0.15, 0.2) is 0 Å². The molecule has 170 valence electrons. The minimum absolute atomic E-state index is 0.162. The highest BCUT2D eigenvalue weighted by atomic mass is 35.5. The quantitative estimate of drug-likeness (QED) is 0.281. The van der Waals surface area contributed by atoms with Gasteiger partial charge in [-0.15, -0.1) is 0 Å². The lowest BCUT2D eigenvalue weighted by Gasteiger charge is -2.07. The van der Waals surface area contributed by atoms with Crippen LogP contribution in [0, 0.1) is 0 Å². The van der Waals surface area contributed by atoms with Gasteiger partial charge < -0.3 is 10.1 Å². The molecule has 3 aromatic carbocycles. The molecule has 0 unspecified atom stereocenters. The maximum absolute atomic E-state index is 11.9. The van der Waals surface area contributed by atoms with Gasteiger partial charge in [-0.1, -0.05) is 41.4 Å². The zero-order chi connectivity index (χ0) is 23.5. The number of hydrogen-bond donors (Lipinski definition) is 2. The van der Waals surface area contributed by atoms with Gasteiger partial charge >= 0.3 is 0 Å². The molecule has 0 saturated carbocycles. The Hall–Kier alpha value is -3.35. The van der Waals surface area contributed by atoms with Crippen molar-refractivity contribution < 1.29 is 14.3 Å². The van der Waals surface area contributed by atoms with Crippen molar-refractivity contribution in [3.05, 3.63) is 94.0 Å². The van der Waals surface area contributed by atoms with E-state index in [1.807, 2.05) is 48.5 Å². The van der Waals surface area contributed by atoms with Crippen LogP contribution in [-0.2, 0) is 16.2 Å². The lowest BCUT2D eigenvalue weighted by atomic mass is 10.2. The highest BCUT2D eigenvalue weighted by Gasteiger charge is 2.05. The molecule has 0 radical (unpaired) electrons. The Bertz CT molecular complexity index is 1100. The molecule has 33 heavy (non-hydrogen) atoms. The van der Waals surface area contributed by atoms with Crippen LogP contribution in [0.2, 0.25) is 10.0 Å². The van der Waals surface area contributed by atoms with Gasteiger partial charge in [-0.3, -0.25) is 9.59 Å². The fraction of sp³-hybridized carbons (Fsp3) is 0.160. The van der Waals surface area contributed by atoms with Gasteiger partial charge in [-0.2, -0.15) is 5.10 Å². The second kappa shape index (κ2) is 12.6. The molecule has 3 aromatic rings. The first-order valence-corrected chi connectivity index (χ1v) is 11.1. The van der Waals surface area contributed by atoms with Crippen molar-refractivity contribution in [2.45, 2.75) is 25.9 Å². The molecule has 8 heteroatoms. The molecule has 0 aliphatic rings. The number of amides is 2. The Balaban J connectivity index is 1.34. The number of nitrogens with one attached hydrogen (secondary N) is 2. The minimum Gasteiger partial charge on any atom is -0.489 e. The molecule has 0 bridgehead atoms. The zero-order valence-electron chi connectivity index (χ0n) is 17.8. The number of anilines is 1. The van der Waals surface area contributed by atoms with Crippen molar-refractivity contribution in [2.75, 3.05) is 5.32 Å². The second-order valence-electron chi connectivity index (χ2n) is 7.15. The highest BCUT2D eigenvalue weighted by molar-refractivity contribution is 6.31. The van der Waals surface area contributed by atoms with Gasteiger partial charge in [-0.25, -0.2) is 5.43 Å². The van der Waals surface area contributed by atoms with Crippen LogP contribution in [0.25, 0.3) is 0 Å². The van der Waals surface area contributed by atoms with Gasteiger partial charge in [0.05, 0.1) is 6.21 Å². The molecular weight excluding hydrogens is 461 g/mol. The monoisotopic (exact) mass is 483 g/mol. The summed E-state index contributed by atoms with van der Waals surface area (Å²) in [4.78, 5) is 23.8. The summed E-state index contributed by atoms with van der Waals surface area (Å²) in [6.45, 7) is 0.376. The van der Waals surface area contributed by atoms with Crippen LogP contribution in [0.4, 0.5) is 5.69 Å². The van der Waals surface area contributed by atoms with Gasteiger partial charge in [0.1, 0.15) is 12.4 Å². The average molecular weight is 484 g/mol. The summed E-state index contributed by atoms with van der Waals surface area (Å²) in [7, 11) is 0. The first-order valence-electron chi connectivity index (χ1n) is 10.3. The van der Waals surface area contributed by atoms with Crippen molar-refractivity contribution in [1.29, 1.82) is 0 Å². The SMILES string of the molecule is O=C(CCCC(=O)Nc1ccc(Cl)cc1)NN=Cc1ccc(OCc2ccccc2Cl)cc1. The summed E-state index contributed by atoms with van der Waals surface area (Å²) in [5.41, 5.74) is 4.85. The van der Waals surface area contributed by atoms with Crippen LogP contribution in [-0.4, -0.2) is 18.0 Å². The third-order valence-corrected chi connectivity index (χ3v) is 5.19. The van der Waals surface area contributed by atoms with Crippen LogP contribution in [0.1, 0.15) is 30.4 Å². The molecule has 0 spiro atoms. The van der Waals surface area contributed by atoms with Crippen molar-refractivity contribution in [1.82, 2.24) is 5.43 Å². The van der Waals surface area contributed by atoms with E-state index in [-0.39, 0.29) is 24.7 Å². The van der Waals surface area contributed by atoms with Crippen molar-refractivity contribution >= 4 is 46.9 Å². The predicted molar refractivity (Wildman–Crippen MR) is 132 cm³/mol. The van der Waals surface area contributed by atoms with Crippen molar-refractivity contribution in [3.8, 4) is 5.75 Å². The number of hydrogen-bond acceptors (Lipinski definition) is 4. The third kappa shape index (κ3) is 8.60. The smallest absolute Gasteiger partial charge is 0.240 e. The van der Waals surface area contributed by atoms with E-state index >= 15 is 0 Å². The van der Waals surface area contributed by atoms with E-state index < -0.39 is 0 Å². The summed E-state index contributed by atoms with van der Waals surface area (Å²) in [5, 5.41) is 7.98. The largest absolute Gasteiger partial charge is 0.489 e. The van der Waals surface area contributed by atoms with E-state index in [2.05, 4.69) is 15.8 Å². The van der Waals surface area contributed by atoms with Gasteiger partial charge in [0, 0.05) is 34.1 Å². The van der Waals surface area contributed by atoms with Crippen LogP contribution < -0.4 is 15.5 Å². The second-order valence-corrected chi connectivity index (χ2v) is 7.99. The number of nitrogens with zero attached hydrogens (tertiary/aromatic N) is 1. The summed E-state index contributed by atoms with van der Waals surface area (Å²) in [6, 6.07) is 21.7. The standard InChI is InChI=1S/C25H23Cl2N3O3/c26-20-10-12-21(13-11-20)29-24(31)6-3-7-25(32)30-28-16-18-8-14-22(15-9-18)33-17-19-4-1-2-5-23(19)27/h1-2,4-5,8-16H,3,6-7,17H2,(H,29,31)(H,30,32). The zero-order valence-corrected chi connectivity index (χ0v) is 19.3. The minimum atomic E-state index is -0.259. The number of halogens is 2. The molecule has 0 aromatic heterocycles. The lowest BCUT2D eigenvalue weighted by Crippen LogP contribution is -2.18. The van der Waals surface area contributed by atoms with E-state index in [0.717, 1.165) is 11.1 Å². The van der Waals surface area contributed by atoms with Gasteiger partial charge in [-0.05, 0) is 66.6 Å². The van der Waals surface area contributed by atoms with Crippen LogP contribution in [0.5, 0.6) is 5.75 Å². The number of rotatable bonds is 10. The molecule has 0 atom stereocenters. The molecule has 0 aliphatic heterocycles. The summed E-state index contributed by atoms with van der Waals surface area (Å²) < 4.78 is 5.74. The fourth-order valence-corrected chi connectivity index (χ4v) is 3.14. The summed E-state index contributed by atoms with van der Waals surface area (Å²) >= 11 is 11.9. The highest BCUT2D eigenvalue weighted by Crippen LogP contribution is 2.19. The third-order valence-electron chi connectivity index (χ3n) is 4.57. The molecule has 2 N–H and O–H groups in total. The number of ether oxygens (including phenoxy) is 1. The number of benzene rings is 3. The first kappa shape index (κ1) is 24.3. The normalized spacial score (nSPS) is 10.7. The molecule has 0 fully saturated rings. The molecule has 2 amide bonds. The van der Waals surface area contributed by atoms with Crippen molar-refractivity contribution in [3.63, 3.8) is 0 Å². The van der Waals surface area contributed by atoms with Crippen LogP contribution in [0.3, 0.4) is 0 Å². The molecule has 0 saturated heterocycles. The van der Waals surface area contributed by atoms with E-state index in [4.69, 9.17) is 27.9 Å².